The maximum atomic E-state index is 6.67. The zero-order chi connectivity index (χ0) is 34.1. The predicted octanol–water partition coefficient (Wildman–Crippen LogP) is 11.3. The topological polar surface area (TPSA) is 57.2 Å². The van der Waals surface area contributed by atoms with Crippen LogP contribution in [0.2, 0.25) is 0 Å². The van der Waals surface area contributed by atoms with Crippen molar-refractivity contribution in [3.05, 3.63) is 163 Å². The van der Waals surface area contributed by atoms with Gasteiger partial charge in [0.1, 0.15) is 17.3 Å². The van der Waals surface area contributed by atoms with Gasteiger partial charge in [0.15, 0.2) is 11.5 Å². The third kappa shape index (κ3) is 4.61. The molecule has 0 fully saturated rings. The second kappa shape index (κ2) is 11.4. The molecule has 10 rings (SSSR count). The molecule has 0 radical (unpaired) electrons. The third-order valence-electron chi connectivity index (χ3n) is 10.0. The van der Waals surface area contributed by atoms with Gasteiger partial charge in [-0.05, 0) is 96.1 Å². The van der Waals surface area contributed by atoms with E-state index in [1.54, 1.807) is 0 Å². The molecule has 10 aromatic rings. The molecule has 0 spiro atoms. The van der Waals surface area contributed by atoms with Crippen LogP contribution in [0.4, 0.5) is 0 Å². The summed E-state index contributed by atoms with van der Waals surface area (Å²) in [6.07, 6.45) is 1.90. The van der Waals surface area contributed by atoms with Crippen LogP contribution in [-0.4, -0.2) is 24.1 Å². The van der Waals surface area contributed by atoms with Crippen LogP contribution in [0.1, 0.15) is 11.1 Å². The van der Waals surface area contributed by atoms with Gasteiger partial charge in [-0.3, -0.25) is 8.97 Å². The monoisotopic (exact) mass is 657 g/mol. The number of benzene rings is 6. The molecular weight excluding hydrogens is 627 g/mol. The molecule has 0 aliphatic carbocycles. The number of aryl methyl sites for hydroxylation is 2. The normalized spacial score (nSPS) is 11.7. The minimum absolute atomic E-state index is 0.724. The van der Waals surface area contributed by atoms with Crippen LogP contribution >= 0.6 is 0 Å². The summed E-state index contributed by atoms with van der Waals surface area (Å²) in [5.74, 6) is 3.14. The first-order chi connectivity index (χ1) is 25.1. The quantitative estimate of drug-likeness (QED) is 0.173. The number of hydrogen-bond donors (Lipinski definition) is 0. The summed E-state index contributed by atoms with van der Waals surface area (Å²) in [5.41, 5.74) is 9.74. The van der Waals surface area contributed by atoms with Gasteiger partial charge in [-0.25, -0.2) is 4.98 Å². The average Bonchev–Trinajstić information content (AvgIpc) is 3.75. The molecule has 0 bridgehead atoms. The lowest BCUT2D eigenvalue weighted by Crippen LogP contribution is -1.98. The Morgan fingerprint density at radius 1 is 0.490 bits per heavy atom. The minimum atomic E-state index is 0.724. The first-order valence-corrected chi connectivity index (χ1v) is 17.1. The molecule has 242 valence electrons. The Balaban J connectivity index is 1.12. The Morgan fingerprint density at radius 3 is 1.90 bits per heavy atom. The maximum Gasteiger partial charge on any atom is 0.169 e. The van der Waals surface area contributed by atoms with E-state index in [0.29, 0.717) is 0 Å². The molecule has 0 amide bonds. The summed E-state index contributed by atoms with van der Waals surface area (Å²) in [7, 11) is 0. The first kappa shape index (κ1) is 29.2. The van der Waals surface area contributed by atoms with Gasteiger partial charge in [0.25, 0.3) is 0 Å². The van der Waals surface area contributed by atoms with Crippen molar-refractivity contribution < 1.29 is 4.74 Å². The van der Waals surface area contributed by atoms with Crippen LogP contribution < -0.4 is 4.74 Å². The number of nitrogens with zero attached hydrogens (tertiary/aromatic N) is 5. The second-order valence-corrected chi connectivity index (χ2v) is 13.1. The third-order valence-corrected chi connectivity index (χ3v) is 10.0. The second-order valence-electron chi connectivity index (χ2n) is 13.1. The number of pyridine rings is 2. The van der Waals surface area contributed by atoms with E-state index in [-0.39, 0.29) is 0 Å². The van der Waals surface area contributed by atoms with E-state index in [9.17, 15) is 0 Å². The SMILES string of the molecule is Cc1ccccc1-c1ccnc(-n2c3ccccc3c3ccc(Oc4ccc5c6ccccc6n6c(-c7ccccc7C)nnc6c5c4)cc32)c1. The van der Waals surface area contributed by atoms with Crippen LogP contribution in [0.25, 0.3) is 77.5 Å². The molecule has 0 saturated heterocycles. The molecule has 6 aromatic carbocycles. The van der Waals surface area contributed by atoms with Gasteiger partial charge in [-0.2, -0.15) is 0 Å². The van der Waals surface area contributed by atoms with Crippen molar-refractivity contribution in [1.29, 1.82) is 0 Å². The van der Waals surface area contributed by atoms with Crippen molar-refractivity contribution in [3.63, 3.8) is 0 Å². The fourth-order valence-electron chi connectivity index (χ4n) is 7.59. The van der Waals surface area contributed by atoms with E-state index >= 15 is 0 Å². The van der Waals surface area contributed by atoms with Gasteiger partial charge >= 0.3 is 0 Å². The summed E-state index contributed by atoms with van der Waals surface area (Å²) in [4.78, 5) is 4.88. The van der Waals surface area contributed by atoms with E-state index in [1.807, 2.05) is 24.4 Å². The minimum Gasteiger partial charge on any atom is -0.457 e. The first-order valence-electron chi connectivity index (χ1n) is 17.1. The fourth-order valence-corrected chi connectivity index (χ4v) is 7.59. The van der Waals surface area contributed by atoms with Crippen LogP contribution in [0, 0.1) is 13.8 Å². The van der Waals surface area contributed by atoms with Crippen molar-refractivity contribution in [2.45, 2.75) is 13.8 Å². The highest BCUT2D eigenvalue weighted by Gasteiger charge is 2.19. The lowest BCUT2D eigenvalue weighted by molar-refractivity contribution is 0.484. The molecule has 51 heavy (non-hydrogen) atoms. The van der Waals surface area contributed by atoms with Crippen molar-refractivity contribution in [2.24, 2.45) is 0 Å². The number of fused-ring (bicyclic) bond motifs is 9. The molecule has 0 unspecified atom stereocenters. The average molecular weight is 658 g/mol. The molecule has 4 heterocycles. The van der Waals surface area contributed by atoms with Gasteiger partial charge in [0.2, 0.25) is 0 Å². The highest BCUT2D eigenvalue weighted by atomic mass is 16.5. The predicted molar refractivity (Wildman–Crippen MR) is 207 cm³/mol. The summed E-state index contributed by atoms with van der Waals surface area (Å²) in [6.45, 7) is 4.25. The van der Waals surface area contributed by atoms with Gasteiger partial charge in [-0.1, -0.05) is 84.9 Å². The van der Waals surface area contributed by atoms with E-state index in [4.69, 9.17) is 19.9 Å². The highest BCUT2D eigenvalue weighted by molar-refractivity contribution is 6.13. The maximum absolute atomic E-state index is 6.67. The lowest BCUT2D eigenvalue weighted by Gasteiger charge is -2.13. The Morgan fingerprint density at radius 2 is 1.12 bits per heavy atom. The zero-order valence-corrected chi connectivity index (χ0v) is 28.1. The van der Waals surface area contributed by atoms with E-state index in [2.05, 4.69) is 150 Å². The number of para-hydroxylation sites is 2. The number of ether oxygens (including phenoxy) is 1. The van der Waals surface area contributed by atoms with E-state index in [0.717, 1.165) is 83.6 Å². The Kier molecular flexibility index (Phi) is 6.51. The summed E-state index contributed by atoms with van der Waals surface area (Å²) in [6, 6.07) is 50.5. The summed E-state index contributed by atoms with van der Waals surface area (Å²) in [5, 5.41) is 15.0. The van der Waals surface area contributed by atoms with Crippen molar-refractivity contribution in [1.82, 2.24) is 24.1 Å². The van der Waals surface area contributed by atoms with E-state index < -0.39 is 0 Å². The van der Waals surface area contributed by atoms with Gasteiger partial charge in [0.05, 0.1) is 16.6 Å². The Hall–Kier alpha value is -6.79. The smallest absolute Gasteiger partial charge is 0.169 e. The largest absolute Gasteiger partial charge is 0.457 e. The van der Waals surface area contributed by atoms with Crippen molar-refractivity contribution >= 4 is 49.1 Å². The lowest BCUT2D eigenvalue weighted by atomic mass is 10.0. The van der Waals surface area contributed by atoms with Crippen LogP contribution in [-0.2, 0) is 0 Å². The van der Waals surface area contributed by atoms with Gasteiger partial charge in [-0.15, -0.1) is 10.2 Å². The number of rotatable bonds is 5. The Bertz CT molecular complexity index is 2990. The van der Waals surface area contributed by atoms with Crippen molar-refractivity contribution in [3.8, 4) is 39.8 Å². The molecular formula is C45H31N5O. The summed E-state index contributed by atoms with van der Waals surface area (Å²) >= 11 is 0. The van der Waals surface area contributed by atoms with Crippen LogP contribution in [0.15, 0.2) is 152 Å². The standard InChI is InChI=1S/C45H31N5O/c1-28-11-3-5-13-33(28)30-23-24-46-43(25-30)49-40-17-9-8-16-37(40)38-22-20-32(27-42(38)49)51-31-19-21-35-36-15-7-10-18-41(36)50-44(34-14-6-4-12-29(34)2)47-48-45(50)39(35)26-31/h3-27H,1-2H3. The molecule has 0 saturated carbocycles. The van der Waals surface area contributed by atoms with E-state index in [1.165, 1.54) is 16.5 Å². The van der Waals surface area contributed by atoms with Crippen LogP contribution in [0.3, 0.4) is 0 Å². The zero-order valence-electron chi connectivity index (χ0n) is 28.1. The molecule has 4 aromatic heterocycles. The fraction of sp³-hybridized carbons (Fsp3) is 0.0444. The number of hydrogen-bond acceptors (Lipinski definition) is 4. The van der Waals surface area contributed by atoms with Gasteiger partial charge in [0, 0.05) is 39.4 Å². The number of aromatic nitrogens is 5. The Labute approximate surface area is 293 Å². The van der Waals surface area contributed by atoms with Gasteiger partial charge < -0.3 is 4.74 Å². The molecule has 0 atom stereocenters. The van der Waals surface area contributed by atoms with Crippen molar-refractivity contribution in [2.75, 3.05) is 0 Å². The van der Waals surface area contributed by atoms with Crippen LogP contribution in [0.5, 0.6) is 11.5 Å². The molecule has 0 aliphatic heterocycles. The molecule has 6 heteroatoms. The summed E-state index contributed by atoms with van der Waals surface area (Å²) < 4.78 is 11.1. The molecule has 0 aliphatic rings. The molecule has 6 nitrogen and oxygen atoms in total. The molecule has 0 N–H and O–H groups in total. The highest BCUT2D eigenvalue weighted by Crippen LogP contribution is 2.38.